The fourth-order valence-corrected chi connectivity index (χ4v) is 3.71. The topological polar surface area (TPSA) is 50.2 Å². The first-order valence-corrected chi connectivity index (χ1v) is 7.90. The van der Waals surface area contributed by atoms with E-state index < -0.39 is 0 Å². The molecule has 2 bridgehead atoms. The van der Waals surface area contributed by atoms with Crippen molar-refractivity contribution in [1.29, 1.82) is 0 Å². The molecule has 1 N–H and O–H groups in total. The highest BCUT2D eigenvalue weighted by molar-refractivity contribution is 5.89. The predicted octanol–water partition coefficient (Wildman–Crippen LogP) is 2.95. The lowest BCUT2D eigenvalue weighted by Gasteiger charge is -2.27. The van der Waals surface area contributed by atoms with Crippen LogP contribution in [0.15, 0.2) is 43.0 Å². The van der Waals surface area contributed by atoms with Crippen molar-refractivity contribution in [3.8, 4) is 0 Å². The summed E-state index contributed by atoms with van der Waals surface area (Å²) in [5.74, 6) is 0.725. The molecule has 0 spiro atoms. The Hall–Kier alpha value is -2.30. The molecule has 0 unspecified atom stereocenters. The van der Waals surface area contributed by atoms with Crippen molar-refractivity contribution in [3.63, 3.8) is 0 Å². The van der Waals surface area contributed by atoms with E-state index in [1.807, 2.05) is 33.9 Å². The zero-order valence-corrected chi connectivity index (χ0v) is 12.5. The van der Waals surface area contributed by atoms with Crippen LogP contribution in [0.3, 0.4) is 0 Å². The van der Waals surface area contributed by atoms with Crippen LogP contribution < -0.4 is 5.32 Å². The number of nitrogens with zero attached hydrogens (tertiary/aromatic N) is 3. The highest BCUT2D eigenvalue weighted by Gasteiger charge is 2.40. The van der Waals surface area contributed by atoms with E-state index in [0.29, 0.717) is 6.04 Å². The van der Waals surface area contributed by atoms with Crippen molar-refractivity contribution < 1.29 is 4.79 Å². The summed E-state index contributed by atoms with van der Waals surface area (Å²) in [4.78, 5) is 18.5. The summed E-state index contributed by atoms with van der Waals surface area (Å²) < 4.78 is 2.01. The van der Waals surface area contributed by atoms with E-state index in [-0.39, 0.29) is 6.03 Å². The van der Waals surface area contributed by atoms with Gasteiger partial charge in [-0.3, -0.25) is 0 Å². The van der Waals surface area contributed by atoms with Crippen LogP contribution in [0.5, 0.6) is 0 Å². The molecule has 4 rings (SSSR count). The molecule has 114 valence electrons. The summed E-state index contributed by atoms with van der Waals surface area (Å²) in [6.07, 6.45) is 9.15. The maximum absolute atomic E-state index is 12.4. The molecule has 2 heterocycles. The largest absolute Gasteiger partial charge is 0.333 e. The van der Waals surface area contributed by atoms with Crippen molar-refractivity contribution >= 4 is 11.7 Å². The zero-order chi connectivity index (χ0) is 14.9. The third kappa shape index (κ3) is 2.58. The summed E-state index contributed by atoms with van der Waals surface area (Å²) in [6.45, 7) is 1.68. The molecule has 22 heavy (non-hydrogen) atoms. The quantitative estimate of drug-likeness (QED) is 0.946. The van der Waals surface area contributed by atoms with Gasteiger partial charge in [-0.2, -0.15) is 0 Å². The van der Waals surface area contributed by atoms with E-state index in [9.17, 15) is 4.79 Å². The van der Waals surface area contributed by atoms with Crippen molar-refractivity contribution in [2.24, 2.45) is 5.92 Å². The third-order valence-corrected chi connectivity index (χ3v) is 4.77. The van der Waals surface area contributed by atoms with Crippen LogP contribution in [0.1, 0.15) is 24.8 Å². The number of imidazole rings is 1. The van der Waals surface area contributed by atoms with Gasteiger partial charge in [-0.1, -0.05) is 12.1 Å². The minimum absolute atomic E-state index is 0.0481. The van der Waals surface area contributed by atoms with E-state index in [2.05, 4.69) is 16.4 Å². The highest BCUT2D eigenvalue weighted by Crippen LogP contribution is 2.37. The summed E-state index contributed by atoms with van der Waals surface area (Å²) in [5.41, 5.74) is 2.02. The zero-order valence-electron chi connectivity index (χ0n) is 12.5. The lowest BCUT2D eigenvalue weighted by molar-refractivity contribution is 0.194. The van der Waals surface area contributed by atoms with Gasteiger partial charge in [0.1, 0.15) is 0 Å². The molecule has 0 radical (unpaired) electrons. The van der Waals surface area contributed by atoms with Gasteiger partial charge in [0.25, 0.3) is 0 Å². The third-order valence-electron chi connectivity index (χ3n) is 4.77. The van der Waals surface area contributed by atoms with E-state index in [1.54, 1.807) is 12.5 Å². The molecule has 5 heteroatoms. The van der Waals surface area contributed by atoms with Crippen molar-refractivity contribution in [2.45, 2.75) is 31.8 Å². The predicted molar refractivity (Wildman–Crippen MR) is 84.6 cm³/mol. The molecule has 2 aliphatic rings. The smallest absolute Gasteiger partial charge is 0.322 e. The Kier molecular flexibility index (Phi) is 3.33. The molecule has 2 aromatic rings. The summed E-state index contributed by atoms with van der Waals surface area (Å²) in [5, 5.41) is 3.05. The van der Waals surface area contributed by atoms with Crippen LogP contribution in [0.2, 0.25) is 0 Å². The maximum Gasteiger partial charge on any atom is 0.322 e. The normalized spacial score (nSPS) is 23.0. The number of fused-ring (bicyclic) bond motifs is 2. The molecule has 1 saturated heterocycles. The van der Waals surface area contributed by atoms with Gasteiger partial charge in [0, 0.05) is 37.2 Å². The Morgan fingerprint density at radius 1 is 1.36 bits per heavy atom. The molecule has 1 saturated carbocycles. The van der Waals surface area contributed by atoms with Gasteiger partial charge in [-0.05, 0) is 42.9 Å². The van der Waals surface area contributed by atoms with Crippen molar-refractivity contribution in [3.05, 3.63) is 48.5 Å². The number of carbonyl (C=O) groups excluding carboxylic acids is 1. The minimum atomic E-state index is 0.0481. The van der Waals surface area contributed by atoms with E-state index in [0.717, 1.165) is 30.3 Å². The summed E-state index contributed by atoms with van der Waals surface area (Å²) >= 11 is 0. The lowest BCUT2D eigenvalue weighted by Crippen LogP contribution is -2.40. The molecule has 1 aliphatic heterocycles. The van der Waals surface area contributed by atoms with Gasteiger partial charge in [-0.25, -0.2) is 9.78 Å². The molecule has 5 nitrogen and oxygen atoms in total. The monoisotopic (exact) mass is 296 g/mol. The van der Waals surface area contributed by atoms with Gasteiger partial charge in [-0.15, -0.1) is 0 Å². The van der Waals surface area contributed by atoms with E-state index >= 15 is 0 Å². The van der Waals surface area contributed by atoms with E-state index in [1.165, 1.54) is 19.3 Å². The van der Waals surface area contributed by atoms with Gasteiger partial charge < -0.3 is 14.8 Å². The van der Waals surface area contributed by atoms with Crippen LogP contribution >= 0.6 is 0 Å². The maximum atomic E-state index is 12.4. The molecule has 2 amide bonds. The Morgan fingerprint density at radius 3 is 3.05 bits per heavy atom. The second kappa shape index (κ2) is 5.48. The Bertz CT molecular complexity index is 667. The summed E-state index contributed by atoms with van der Waals surface area (Å²) in [7, 11) is 0. The van der Waals surface area contributed by atoms with Crippen molar-refractivity contribution in [2.75, 3.05) is 11.9 Å². The van der Waals surface area contributed by atoms with Crippen molar-refractivity contribution in [1.82, 2.24) is 14.5 Å². The number of amides is 2. The first kappa shape index (κ1) is 13.4. The van der Waals surface area contributed by atoms with Gasteiger partial charge in [0.15, 0.2) is 0 Å². The fourth-order valence-electron chi connectivity index (χ4n) is 3.71. The average Bonchev–Trinajstić information content (AvgIpc) is 3.25. The second-order valence-electron chi connectivity index (χ2n) is 6.35. The molecule has 1 aromatic carbocycles. The number of hydrogen-bond acceptors (Lipinski definition) is 2. The Balaban J connectivity index is 1.43. The Labute approximate surface area is 130 Å². The van der Waals surface area contributed by atoms with Crippen LogP contribution in [0.25, 0.3) is 0 Å². The molecule has 2 fully saturated rings. The van der Waals surface area contributed by atoms with Crippen LogP contribution in [-0.4, -0.2) is 33.1 Å². The first-order valence-electron chi connectivity index (χ1n) is 7.90. The minimum Gasteiger partial charge on any atom is -0.333 e. The number of rotatable bonds is 3. The number of likely N-dealkylation sites (tertiary alicyclic amines) is 1. The fraction of sp³-hybridized carbons (Fsp3) is 0.412. The number of aromatic nitrogens is 2. The number of benzene rings is 1. The number of nitrogens with one attached hydrogen (secondary N) is 1. The number of carbonyl (C=O) groups is 1. The first-order chi connectivity index (χ1) is 10.8. The average molecular weight is 296 g/mol. The molecule has 2 atom stereocenters. The number of urea groups is 1. The SMILES string of the molecule is O=C(Nc1cccc(Cn2ccnc2)c1)N1C[C@H]2CC[C@@H]1C2. The molecular formula is C17H20N4O. The molecule has 1 aliphatic carbocycles. The van der Waals surface area contributed by atoms with Gasteiger partial charge >= 0.3 is 6.03 Å². The highest BCUT2D eigenvalue weighted by atomic mass is 16.2. The van der Waals surface area contributed by atoms with E-state index in [4.69, 9.17) is 0 Å². The lowest BCUT2D eigenvalue weighted by atomic mass is 10.1. The molecular weight excluding hydrogens is 276 g/mol. The number of hydrogen-bond donors (Lipinski definition) is 1. The molecule has 1 aromatic heterocycles. The Morgan fingerprint density at radius 2 is 2.32 bits per heavy atom. The summed E-state index contributed by atoms with van der Waals surface area (Å²) in [6, 6.07) is 8.53. The van der Waals surface area contributed by atoms with Crippen LogP contribution in [0.4, 0.5) is 10.5 Å². The van der Waals surface area contributed by atoms with Crippen LogP contribution in [-0.2, 0) is 6.54 Å². The van der Waals surface area contributed by atoms with Crippen LogP contribution in [0, 0.1) is 5.92 Å². The number of anilines is 1. The standard InChI is InChI=1S/C17H20N4O/c22-17(21-11-14-4-5-16(21)9-14)19-15-3-1-2-13(8-15)10-20-7-6-18-12-20/h1-3,6-8,12,14,16H,4-5,9-11H2,(H,19,22)/t14-,16+/m0/s1. The van der Waals surface area contributed by atoms with Gasteiger partial charge in [0.2, 0.25) is 0 Å². The number of piperidine rings is 1. The second-order valence-corrected chi connectivity index (χ2v) is 6.35. The van der Waals surface area contributed by atoms with Gasteiger partial charge in [0.05, 0.1) is 6.33 Å².